The molecule has 2 fully saturated rings. The number of ether oxygens (including phenoxy) is 2. The van der Waals surface area contributed by atoms with Gasteiger partial charge in [-0.15, -0.1) is 0 Å². The number of rotatable bonds is 5. The van der Waals surface area contributed by atoms with E-state index in [0.29, 0.717) is 13.2 Å². The average molecular weight is 330 g/mol. The first kappa shape index (κ1) is 15.1. The van der Waals surface area contributed by atoms with Gasteiger partial charge in [-0.2, -0.15) is 0 Å². The number of esters is 1. The zero-order valence-electron chi connectivity index (χ0n) is 11.5. The number of carbonyl (C=O) groups excluding carboxylic acids is 1. The molecular weight excluding hydrogens is 313 g/mol. The van der Waals surface area contributed by atoms with E-state index in [1.165, 1.54) is 0 Å². The molecule has 2 aliphatic heterocycles. The second kappa shape index (κ2) is 6.13. The maximum absolute atomic E-state index is 12.3. The van der Waals surface area contributed by atoms with Crippen LogP contribution in [0.25, 0.3) is 0 Å². The first-order valence-corrected chi connectivity index (χ1v) is 7.88. The molecule has 1 aromatic rings. The van der Waals surface area contributed by atoms with Crippen molar-refractivity contribution in [1.82, 2.24) is 4.90 Å². The van der Waals surface area contributed by atoms with Gasteiger partial charge < -0.3 is 9.47 Å². The fraction of sp³-hybridized carbons (Fsp3) is 0.533. The largest absolute Gasteiger partial charge is 0.442 e. The Kier molecular flexibility index (Phi) is 4.41. The summed E-state index contributed by atoms with van der Waals surface area (Å²) in [5.41, 5.74) is 0.357. The number of hydrogen-bond donors (Lipinski definition) is 0. The van der Waals surface area contributed by atoms with Gasteiger partial charge in [0.05, 0.1) is 13.2 Å². The normalized spacial score (nSPS) is 28.9. The van der Waals surface area contributed by atoms with Crippen molar-refractivity contribution < 1.29 is 14.3 Å². The number of hydrogen-bond acceptors (Lipinski definition) is 4. The van der Waals surface area contributed by atoms with Gasteiger partial charge in [0.25, 0.3) is 0 Å². The number of halogens is 2. The third-order valence-electron chi connectivity index (χ3n) is 4.12. The summed E-state index contributed by atoms with van der Waals surface area (Å²) in [5, 5.41) is 0. The Morgan fingerprint density at radius 2 is 2.14 bits per heavy atom. The summed E-state index contributed by atoms with van der Waals surface area (Å²) in [6.45, 7) is 1.53. The zero-order valence-corrected chi connectivity index (χ0v) is 13.0. The monoisotopic (exact) mass is 329 g/mol. The van der Waals surface area contributed by atoms with Crippen molar-refractivity contribution in [3.63, 3.8) is 0 Å². The molecule has 114 valence electrons. The van der Waals surface area contributed by atoms with E-state index in [1.54, 1.807) is 0 Å². The molecule has 0 aliphatic carbocycles. The molecule has 3 rings (SSSR count). The van der Waals surface area contributed by atoms with Crippen LogP contribution in [0.4, 0.5) is 0 Å². The van der Waals surface area contributed by atoms with E-state index in [4.69, 9.17) is 32.7 Å². The van der Waals surface area contributed by atoms with Crippen molar-refractivity contribution in [1.29, 1.82) is 0 Å². The number of fused-ring (bicyclic) bond motifs is 1. The lowest BCUT2D eigenvalue weighted by Gasteiger charge is -2.29. The quantitative estimate of drug-likeness (QED) is 0.615. The SMILES string of the molecule is O=C1O[C@H](C(Cl)Cl)N2CCC[C@@]12COCc1ccccc1. The Balaban J connectivity index is 1.67. The predicted octanol–water partition coefficient (Wildman–Crippen LogP) is 2.72. The van der Waals surface area contributed by atoms with Crippen LogP contribution in [0.3, 0.4) is 0 Å². The van der Waals surface area contributed by atoms with Crippen LogP contribution >= 0.6 is 23.2 Å². The average Bonchev–Trinajstić information content (AvgIpc) is 3.00. The van der Waals surface area contributed by atoms with Crippen molar-refractivity contribution >= 4 is 29.2 Å². The van der Waals surface area contributed by atoms with Crippen molar-refractivity contribution in [3.05, 3.63) is 35.9 Å². The van der Waals surface area contributed by atoms with Gasteiger partial charge in [-0.25, -0.2) is 9.69 Å². The summed E-state index contributed by atoms with van der Waals surface area (Å²) in [6.07, 6.45) is 1.07. The van der Waals surface area contributed by atoms with Gasteiger partial charge in [0.2, 0.25) is 0 Å². The third-order valence-corrected chi connectivity index (χ3v) is 4.55. The Morgan fingerprint density at radius 3 is 2.86 bits per heavy atom. The molecule has 2 atom stereocenters. The van der Waals surface area contributed by atoms with Gasteiger partial charge in [0.1, 0.15) is 5.54 Å². The van der Waals surface area contributed by atoms with Gasteiger partial charge in [-0.1, -0.05) is 53.5 Å². The first-order valence-electron chi connectivity index (χ1n) is 7.01. The van der Waals surface area contributed by atoms with Gasteiger partial charge in [0.15, 0.2) is 11.1 Å². The standard InChI is InChI=1S/C15H17Cl2NO3/c16-12(17)13-18-8-4-7-15(18,14(19)21-13)10-20-9-11-5-2-1-3-6-11/h1-3,5-6,12-13H,4,7-10H2/t13-,15-/m1/s1. The molecule has 0 radical (unpaired) electrons. The molecule has 6 heteroatoms. The van der Waals surface area contributed by atoms with Gasteiger partial charge in [-0.3, -0.25) is 0 Å². The Hall–Kier alpha value is -0.810. The molecule has 0 amide bonds. The third kappa shape index (κ3) is 2.78. The second-order valence-corrected chi connectivity index (χ2v) is 6.60. The lowest BCUT2D eigenvalue weighted by Crippen LogP contribution is -2.50. The van der Waals surface area contributed by atoms with E-state index in [1.807, 2.05) is 35.2 Å². The Labute approximate surface area is 133 Å². The van der Waals surface area contributed by atoms with Crippen LogP contribution < -0.4 is 0 Å². The first-order chi connectivity index (χ1) is 10.1. The smallest absolute Gasteiger partial charge is 0.330 e. The molecule has 2 heterocycles. The molecule has 1 aromatic carbocycles. The highest BCUT2D eigenvalue weighted by molar-refractivity contribution is 6.44. The molecule has 0 unspecified atom stereocenters. The molecule has 2 aliphatic rings. The highest BCUT2D eigenvalue weighted by Gasteiger charge is 2.59. The number of nitrogens with zero attached hydrogens (tertiary/aromatic N) is 1. The number of alkyl halides is 2. The van der Waals surface area contributed by atoms with Gasteiger partial charge in [-0.05, 0) is 18.4 Å². The van der Waals surface area contributed by atoms with Crippen molar-refractivity contribution in [3.8, 4) is 0 Å². The molecule has 0 N–H and O–H groups in total. The van der Waals surface area contributed by atoms with Crippen LogP contribution in [-0.2, 0) is 20.9 Å². The van der Waals surface area contributed by atoms with Gasteiger partial charge >= 0.3 is 5.97 Å². The molecule has 2 saturated heterocycles. The van der Waals surface area contributed by atoms with Crippen molar-refractivity contribution in [2.45, 2.75) is 36.1 Å². The zero-order chi connectivity index (χ0) is 14.9. The van der Waals surface area contributed by atoms with E-state index < -0.39 is 16.6 Å². The molecule has 0 aromatic heterocycles. The fourth-order valence-corrected chi connectivity index (χ4v) is 3.46. The fourth-order valence-electron chi connectivity index (χ4n) is 3.09. The molecule has 0 bridgehead atoms. The van der Waals surface area contributed by atoms with Crippen LogP contribution in [0.1, 0.15) is 18.4 Å². The summed E-state index contributed by atoms with van der Waals surface area (Å²) >= 11 is 11.8. The molecule has 0 saturated carbocycles. The summed E-state index contributed by atoms with van der Waals surface area (Å²) < 4.78 is 11.1. The summed E-state index contributed by atoms with van der Waals surface area (Å²) in [6, 6.07) is 9.87. The van der Waals surface area contributed by atoms with Crippen LogP contribution in [0.5, 0.6) is 0 Å². The minimum Gasteiger partial charge on any atom is -0.442 e. The van der Waals surface area contributed by atoms with Crippen LogP contribution in [-0.4, -0.2) is 40.6 Å². The maximum Gasteiger partial charge on any atom is 0.330 e. The van der Waals surface area contributed by atoms with Crippen molar-refractivity contribution in [2.75, 3.05) is 13.2 Å². The molecule has 0 spiro atoms. The number of cyclic esters (lactones) is 1. The van der Waals surface area contributed by atoms with E-state index in [9.17, 15) is 4.79 Å². The van der Waals surface area contributed by atoms with E-state index in [0.717, 1.165) is 24.9 Å². The van der Waals surface area contributed by atoms with E-state index >= 15 is 0 Å². The predicted molar refractivity (Wildman–Crippen MR) is 80.1 cm³/mol. The summed E-state index contributed by atoms with van der Waals surface area (Å²) in [5.74, 6) is -0.274. The highest BCUT2D eigenvalue weighted by Crippen LogP contribution is 2.41. The maximum atomic E-state index is 12.3. The van der Waals surface area contributed by atoms with Gasteiger partial charge in [0, 0.05) is 6.54 Å². The minimum absolute atomic E-state index is 0.274. The molecule has 21 heavy (non-hydrogen) atoms. The van der Waals surface area contributed by atoms with Crippen molar-refractivity contribution in [2.24, 2.45) is 0 Å². The topological polar surface area (TPSA) is 38.8 Å². The number of carbonyl (C=O) groups is 1. The number of benzene rings is 1. The molecule has 4 nitrogen and oxygen atoms in total. The van der Waals surface area contributed by atoms with Crippen LogP contribution in [0.2, 0.25) is 0 Å². The lowest BCUT2D eigenvalue weighted by atomic mass is 9.98. The van der Waals surface area contributed by atoms with E-state index in [-0.39, 0.29) is 5.97 Å². The van der Waals surface area contributed by atoms with Crippen LogP contribution in [0.15, 0.2) is 30.3 Å². The lowest BCUT2D eigenvalue weighted by molar-refractivity contribution is -0.147. The summed E-state index contributed by atoms with van der Waals surface area (Å²) in [4.78, 5) is 13.5. The summed E-state index contributed by atoms with van der Waals surface area (Å²) in [7, 11) is 0. The highest BCUT2D eigenvalue weighted by atomic mass is 35.5. The minimum atomic E-state index is -0.747. The Morgan fingerprint density at radius 1 is 1.38 bits per heavy atom. The second-order valence-electron chi connectivity index (χ2n) is 5.44. The van der Waals surface area contributed by atoms with Crippen LogP contribution in [0, 0.1) is 0 Å². The van der Waals surface area contributed by atoms with E-state index in [2.05, 4.69) is 0 Å². The Bertz CT molecular complexity index is 511. The molecular formula is C15H17Cl2NO3.